The van der Waals surface area contributed by atoms with E-state index in [1.165, 1.54) is 24.3 Å². The first-order valence-electron chi connectivity index (χ1n) is 13.5. The zero-order valence-corrected chi connectivity index (χ0v) is 25.9. The number of carboxylic acid groups (broad SMARTS) is 1. The number of carboxylic acids is 1. The second-order valence-corrected chi connectivity index (χ2v) is 9.37. The summed E-state index contributed by atoms with van der Waals surface area (Å²) in [6.45, 7) is 4.64. The summed E-state index contributed by atoms with van der Waals surface area (Å²) in [6, 6.07) is 18.4. The van der Waals surface area contributed by atoms with Gasteiger partial charge in [0.1, 0.15) is 40.4 Å². The van der Waals surface area contributed by atoms with Gasteiger partial charge in [-0.3, -0.25) is 0 Å². The molecule has 0 radical (unpaired) electrons. The summed E-state index contributed by atoms with van der Waals surface area (Å²) >= 11 is 0. The Bertz CT molecular complexity index is 1510. The van der Waals surface area contributed by atoms with Crippen LogP contribution in [0.15, 0.2) is 72.8 Å². The number of hydrogen-bond donors (Lipinski definition) is 1. The predicted octanol–water partition coefficient (Wildman–Crippen LogP) is 3.86. The Hall–Kier alpha value is -3.59. The molecule has 6 nitrogen and oxygen atoms in total. The van der Waals surface area contributed by atoms with Crippen LogP contribution < -0.4 is 48.9 Å². The standard InChI is InChI=1S/C33H32F2O6.Na/c1-3-8-24-28(10-6-11-29(24)41-30-12-5-9-26(35)32(30)33(37)38)39-17-7-18-40-31-20-27(36)25(19-21(31)4-2)22-13-15-23(34)16-14-22;/h5-6,9-16,19-20,36H,3-4,7-8,17-18H2,1-2H3,(H,37,38);/q;+1/p-1. The number of phenolic OH excluding ortho intramolecular Hbond substituents is 1. The largest absolute Gasteiger partial charge is 1.00 e. The van der Waals surface area contributed by atoms with Gasteiger partial charge in [0.2, 0.25) is 0 Å². The van der Waals surface area contributed by atoms with Crippen LogP contribution in [0.1, 0.15) is 48.2 Å². The van der Waals surface area contributed by atoms with Gasteiger partial charge in [-0.2, -0.15) is 0 Å². The molecule has 4 rings (SSSR count). The van der Waals surface area contributed by atoms with E-state index in [0.717, 1.165) is 23.6 Å². The average molecular weight is 585 g/mol. The first-order chi connectivity index (χ1) is 19.8. The van der Waals surface area contributed by atoms with E-state index in [1.54, 1.807) is 36.4 Å². The number of carbonyl (C=O) groups excluding carboxylic acids is 1. The second-order valence-electron chi connectivity index (χ2n) is 9.37. The fraction of sp³-hybridized carbons (Fsp3) is 0.242. The summed E-state index contributed by atoms with van der Waals surface area (Å²) in [4.78, 5) is 11.5. The summed E-state index contributed by atoms with van der Waals surface area (Å²) in [7, 11) is 0. The maximum absolute atomic E-state index is 14.1. The van der Waals surface area contributed by atoms with Gasteiger partial charge < -0.3 is 29.2 Å². The Balaban J connectivity index is 0.00000484. The van der Waals surface area contributed by atoms with Crippen molar-refractivity contribution in [3.05, 3.63) is 101 Å². The van der Waals surface area contributed by atoms with Gasteiger partial charge in [-0.25, -0.2) is 8.78 Å². The van der Waals surface area contributed by atoms with Crippen LogP contribution in [0.3, 0.4) is 0 Å². The van der Waals surface area contributed by atoms with E-state index in [9.17, 15) is 23.8 Å². The summed E-state index contributed by atoms with van der Waals surface area (Å²) < 4.78 is 45.3. The van der Waals surface area contributed by atoms with E-state index in [-0.39, 0.29) is 46.9 Å². The molecule has 1 N–H and O–H groups in total. The third kappa shape index (κ3) is 8.03. The number of carbonyl (C=O) groups is 1. The molecule has 0 saturated carbocycles. The Kier molecular flexibility index (Phi) is 12.2. The van der Waals surface area contributed by atoms with Gasteiger partial charge in [-0.05, 0) is 66.4 Å². The number of halogens is 2. The van der Waals surface area contributed by atoms with Crippen LogP contribution in [0.2, 0.25) is 0 Å². The van der Waals surface area contributed by atoms with Crippen molar-refractivity contribution in [2.45, 2.75) is 39.5 Å². The molecular formula is C33H31F2NaO6. The number of phenols is 1. The topological polar surface area (TPSA) is 88.1 Å². The Morgan fingerprint density at radius 3 is 2.17 bits per heavy atom. The minimum absolute atomic E-state index is 0. The number of hydrogen-bond acceptors (Lipinski definition) is 6. The van der Waals surface area contributed by atoms with Crippen LogP contribution in [0.25, 0.3) is 11.1 Å². The van der Waals surface area contributed by atoms with Crippen molar-refractivity contribution in [3.8, 4) is 39.9 Å². The van der Waals surface area contributed by atoms with E-state index in [0.29, 0.717) is 60.9 Å². The number of aryl methyl sites for hydroxylation is 1. The summed E-state index contributed by atoms with van der Waals surface area (Å²) in [5.41, 5.74) is 2.32. The second kappa shape index (κ2) is 15.6. The zero-order valence-electron chi connectivity index (χ0n) is 23.9. The molecule has 0 aliphatic heterocycles. The Labute approximate surface area is 266 Å². The molecule has 4 aromatic carbocycles. The third-order valence-electron chi connectivity index (χ3n) is 6.51. The normalized spacial score (nSPS) is 10.6. The number of aromatic hydroxyl groups is 1. The van der Waals surface area contributed by atoms with Crippen molar-refractivity contribution in [2.75, 3.05) is 13.2 Å². The maximum Gasteiger partial charge on any atom is 1.00 e. The zero-order chi connectivity index (χ0) is 29.4. The molecule has 0 saturated heterocycles. The molecular weight excluding hydrogens is 553 g/mol. The summed E-state index contributed by atoms with van der Waals surface area (Å²) in [5.74, 6) is -1.52. The molecule has 0 amide bonds. The van der Waals surface area contributed by atoms with E-state index in [1.807, 2.05) is 19.9 Å². The molecule has 0 atom stereocenters. The van der Waals surface area contributed by atoms with Crippen molar-refractivity contribution < 1.29 is 67.6 Å². The molecule has 0 fully saturated rings. The first kappa shape index (κ1) is 32.9. The smallest absolute Gasteiger partial charge is 0.545 e. The van der Waals surface area contributed by atoms with Crippen molar-refractivity contribution in [1.82, 2.24) is 0 Å². The van der Waals surface area contributed by atoms with Crippen LogP contribution in [0, 0.1) is 11.6 Å². The quantitative estimate of drug-likeness (QED) is 0.190. The van der Waals surface area contributed by atoms with Crippen LogP contribution >= 0.6 is 0 Å². The molecule has 0 aliphatic carbocycles. The number of ether oxygens (including phenoxy) is 3. The van der Waals surface area contributed by atoms with E-state index < -0.39 is 17.3 Å². The third-order valence-corrected chi connectivity index (χ3v) is 6.51. The summed E-state index contributed by atoms with van der Waals surface area (Å²) in [5, 5.41) is 22.1. The number of benzene rings is 4. The van der Waals surface area contributed by atoms with E-state index in [4.69, 9.17) is 14.2 Å². The van der Waals surface area contributed by atoms with Gasteiger partial charge in [0.25, 0.3) is 0 Å². The monoisotopic (exact) mass is 584 g/mol. The number of rotatable bonds is 13. The van der Waals surface area contributed by atoms with Crippen molar-refractivity contribution in [1.29, 1.82) is 0 Å². The fourth-order valence-electron chi connectivity index (χ4n) is 4.49. The minimum atomic E-state index is -1.66. The fourth-order valence-corrected chi connectivity index (χ4v) is 4.49. The minimum Gasteiger partial charge on any atom is -0.545 e. The summed E-state index contributed by atoms with van der Waals surface area (Å²) in [6.07, 6.45) is 2.59. The van der Waals surface area contributed by atoms with Gasteiger partial charge in [0, 0.05) is 23.6 Å². The van der Waals surface area contributed by atoms with Gasteiger partial charge in [-0.1, -0.05) is 44.5 Å². The van der Waals surface area contributed by atoms with Gasteiger partial charge in [0.05, 0.1) is 24.7 Å². The molecule has 9 heteroatoms. The van der Waals surface area contributed by atoms with Crippen LogP contribution in [-0.2, 0) is 12.8 Å². The van der Waals surface area contributed by atoms with Crippen molar-refractivity contribution in [2.24, 2.45) is 0 Å². The molecule has 214 valence electrons. The van der Waals surface area contributed by atoms with E-state index >= 15 is 0 Å². The van der Waals surface area contributed by atoms with Gasteiger partial charge in [0.15, 0.2) is 0 Å². The van der Waals surface area contributed by atoms with Crippen LogP contribution in [0.5, 0.6) is 28.7 Å². The SMILES string of the molecule is CCCc1c(OCCCOc2cc(O)c(-c3ccc(F)cc3)cc2CC)cccc1Oc1cccc(F)c1C(=O)[O-].[Na+]. The molecule has 42 heavy (non-hydrogen) atoms. The average Bonchev–Trinajstić information content (AvgIpc) is 2.95. The van der Waals surface area contributed by atoms with Gasteiger partial charge >= 0.3 is 29.6 Å². The van der Waals surface area contributed by atoms with Crippen LogP contribution in [-0.4, -0.2) is 24.3 Å². The van der Waals surface area contributed by atoms with Crippen molar-refractivity contribution >= 4 is 5.97 Å². The Morgan fingerprint density at radius 2 is 1.50 bits per heavy atom. The molecule has 0 bridgehead atoms. The molecule has 0 heterocycles. The molecule has 4 aromatic rings. The van der Waals surface area contributed by atoms with E-state index in [2.05, 4.69) is 0 Å². The van der Waals surface area contributed by atoms with Crippen LogP contribution in [0.4, 0.5) is 8.78 Å². The molecule has 0 spiro atoms. The first-order valence-corrected chi connectivity index (χ1v) is 13.5. The Morgan fingerprint density at radius 1 is 0.857 bits per heavy atom. The predicted molar refractivity (Wildman–Crippen MR) is 150 cm³/mol. The van der Waals surface area contributed by atoms with Crippen molar-refractivity contribution in [3.63, 3.8) is 0 Å². The van der Waals surface area contributed by atoms with Gasteiger partial charge in [-0.15, -0.1) is 0 Å². The maximum atomic E-state index is 14.1. The molecule has 0 aliphatic rings. The molecule has 0 aromatic heterocycles. The number of aromatic carboxylic acids is 1. The molecule has 0 unspecified atom stereocenters.